The normalized spacial score (nSPS) is 16.0. The molecule has 2 aromatic carbocycles. The predicted molar refractivity (Wildman–Crippen MR) is 110 cm³/mol. The van der Waals surface area contributed by atoms with Crippen molar-refractivity contribution in [3.8, 4) is 11.3 Å². The molecule has 1 amide bonds. The van der Waals surface area contributed by atoms with E-state index in [1.165, 1.54) is 22.9 Å². The van der Waals surface area contributed by atoms with Gasteiger partial charge in [0.05, 0.1) is 5.69 Å². The van der Waals surface area contributed by atoms with Crippen molar-refractivity contribution in [2.24, 2.45) is 0 Å². The lowest BCUT2D eigenvalue weighted by Crippen LogP contribution is -2.53. The summed E-state index contributed by atoms with van der Waals surface area (Å²) in [6.07, 6.45) is 0.774. The van der Waals surface area contributed by atoms with Gasteiger partial charge in [-0.25, -0.2) is 9.07 Å². The van der Waals surface area contributed by atoms with Crippen LogP contribution >= 0.6 is 0 Å². The van der Waals surface area contributed by atoms with Crippen LogP contribution in [0.4, 0.5) is 10.1 Å². The Morgan fingerprint density at radius 3 is 2.48 bits per heavy atom. The third-order valence-corrected chi connectivity index (χ3v) is 5.42. The number of nitrogens with zero attached hydrogens (tertiary/aromatic N) is 3. The molecule has 1 unspecified atom stereocenters. The molecule has 2 heterocycles. The van der Waals surface area contributed by atoms with E-state index in [1.807, 2.05) is 31.2 Å². The van der Waals surface area contributed by atoms with Crippen LogP contribution in [0.5, 0.6) is 0 Å². The predicted octanol–water partition coefficient (Wildman–Crippen LogP) is 3.76. The number of carbonyl (C=O) groups is 1. The number of aromatic nitrogens is 2. The molecular weight excluding hydrogens is 369 g/mol. The molecule has 0 radical (unpaired) electrons. The Hall–Kier alpha value is -3.28. The van der Waals surface area contributed by atoms with Gasteiger partial charge in [-0.15, -0.1) is 0 Å². The van der Waals surface area contributed by atoms with Crippen LogP contribution in [0.25, 0.3) is 11.3 Å². The fraction of sp³-hybridized carbons (Fsp3) is 0.261. The first-order valence-electron chi connectivity index (χ1n) is 9.57. The van der Waals surface area contributed by atoms with Crippen LogP contribution in [0.1, 0.15) is 26.3 Å². The average Bonchev–Trinajstić information content (AvgIpc) is 3.04. The zero-order valence-corrected chi connectivity index (χ0v) is 16.6. The minimum absolute atomic E-state index is 0.00448. The largest absolute Gasteiger partial charge is 0.307 e. The van der Waals surface area contributed by atoms with E-state index in [2.05, 4.69) is 5.10 Å². The van der Waals surface area contributed by atoms with Crippen molar-refractivity contribution >= 4 is 11.6 Å². The van der Waals surface area contributed by atoms with Crippen LogP contribution in [-0.4, -0.2) is 21.7 Å². The molecule has 0 N–H and O–H groups in total. The van der Waals surface area contributed by atoms with Gasteiger partial charge in [0.1, 0.15) is 11.4 Å². The molecule has 148 valence electrons. The van der Waals surface area contributed by atoms with Gasteiger partial charge in [0.25, 0.3) is 11.5 Å². The van der Waals surface area contributed by atoms with Gasteiger partial charge in [-0.05, 0) is 69.2 Å². The summed E-state index contributed by atoms with van der Waals surface area (Å²) in [4.78, 5) is 27.9. The van der Waals surface area contributed by atoms with E-state index in [9.17, 15) is 14.0 Å². The monoisotopic (exact) mass is 391 g/mol. The van der Waals surface area contributed by atoms with Gasteiger partial charge < -0.3 is 4.90 Å². The number of fused-ring (bicyclic) bond motifs is 1. The number of carbonyl (C=O) groups excluding carboxylic acids is 1. The number of halogens is 1. The lowest BCUT2D eigenvalue weighted by Gasteiger charge is -2.33. The molecule has 0 aliphatic carbocycles. The summed E-state index contributed by atoms with van der Waals surface area (Å²) in [5.41, 5.74) is 1.60. The SMILES string of the molecule is CC1Cc2ccccc2N1C(=O)C(C)(C)n1nc(-c2ccc(F)cc2)ccc1=O. The Kier molecular flexibility index (Phi) is 4.57. The van der Waals surface area contributed by atoms with Crippen molar-refractivity contribution in [1.29, 1.82) is 0 Å². The Morgan fingerprint density at radius 1 is 1.07 bits per heavy atom. The Morgan fingerprint density at radius 2 is 1.76 bits per heavy atom. The second-order valence-corrected chi connectivity index (χ2v) is 7.89. The number of hydrogen-bond acceptors (Lipinski definition) is 3. The summed E-state index contributed by atoms with van der Waals surface area (Å²) in [5.74, 6) is -0.542. The van der Waals surface area contributed by atoms with Crippen LogP contribution in [-0.2, 0) is 16.8 Å². The van der Waals surface area contributed by atoms with Gasteiger partial charge in [0, 0.05) is 23.4 Å². The summed E-state index contributed by atoms with van der Waals surface area (Å²) in [6.45, 7) is 5.40. The maximum Gasteiger partial charge on any atom is 0.267 e. The lowest BCUT2D eigenvalue weighted by molar-refractivity contribution is -0.126. The van der Waals surface area contributed by atoms with Gasteiger partial charge in [0.2, 0.25) is 0 Å². The first-order chi connectivity index (χ1) is 13.8. The summed E-state index contributed by atoms with van der Waals surface area (Å²) < 4.78 is 14.5. The molecule has 0 saturated carbocycles. The number of rotatable bonds is 3. The lowest BCUT2D eigenvalue weighted by atomic mass is 10.0. The van der Waals surface area contributed by atoms with Gasteiger partial charge in [-0.3, -0.25) is 9.59 Å². The molecule has 29 heavy (non-hydrogen) atoms. The first kappa shape index (κ1) is 19.1. The highest BCUT2D eigenvalue weighted by molar-refractivity contribution is 6.00. The third kappa shape index (κ3) is 3.24. The average molecular weight is 391 g/mol. The summed E-state index contributed by atoms with van der Waals surface area (Å²) in [6, 6.07) is 16.7. The van der Waals surface area contributed by atoms with Gasteiger partial charge >= 0.3 is 0 Å². The van der Waals surface area contributed by atoms with E-state index >= 15 is 0 Å². The highest BCUT2D eigenvalue weighted by Crippen LogP contribution is 2.34. The molecule has 1 aliphatic rings. The molecule has 0 saturated heterocycles. The second-order valence-electron chi connectivity index (χ2n) is 7.89. The van der Waals surface area contributed by atoms with Crippen molar-refractivity contribution in [1.82, 2.24) is 9.78 Å². The van der Waals surface area contributed by atoms with Crippen molar-refractivity contribution in [2.45, 2.75) is 38.8 Å². The summed E-state index contributed by atoms with van der Waals surface area (Å²) >= 11 is 0. The smallest absolute Gasteiger partial charge is 0.267 e. The minimum atomic E-state index is -1.20. The van der Waals surface area contributed by atoms with Crippen molar-refractivity contribution < 1.29 is 9.18 Å². The van der Waals surface area contributed by atoms with Crippen LogP contribution in [0.15, 0.2) is 65.5 Å². The molecule has 0 spiro atoms. The fourth-order valence-corrected chi connectivity index (χ4v) is 3.85. The van der Waals surface area contributed by atoms with Crippen LogP contribution in [0.2, 0.25) is 0 Å². The Balaban J connectivity index is 1.75. The van der Waals surface area contributed by atoms with E-state index < -0.39 is 5.54 Å². The van der Waals surface area contributed by atoms with E-state index in [0.717, 1.165) is 17.7 Å². The number of para-hydroxylation sites is 1. The van der Waals surface area contributed by atoms with Gasteiger partial charge in [0.15, 0.2) is 0 Å². The van der Waals surface area contributed by atoms with Crippen LogP contribution in [0.3, 0.4) is 0 Å². The standard InChI is InChI=1S/C23H22FN3O2/c1-15-14-17-6-4-5-7-20(17)26(15)22(29)23(2,3)27-21(28)13-12-19(25-27)16-8-10-18(24)11-9-16/h4-13,15H,14H2,1-3H3. The highest BCUT2D eigenvalue weighted by atomic mass is 19.1. The van der Waals surface area contributed by atoms with E-state index in [-0.39, 0.29) is 23.3 Å². The topological polar surface area (TPSA) is 55.2 Å². The minimum Gasteiger partial charge on any atom is -0.307 e. The van der Waals surface area contributed by atoms with E-state index in [4.69, 9.17) is 0 Å². The van der Waals surface area contributed by atoms with Crippen LogP contribution < -0.4 is 10.5 Å². The van der Waals surface area contributed by atoms with Gasteiger partial charge in [-0.2, -0.15) is 5.10 Å². The van der Waals surface area contributed by atoms with Crippen molar-refractivity contribution in [3.63, 3.8) is 0 Å². The molecule has 1 aliphatic heterocycles. The van der Waals surface area contributed by atoms with Crippen molar-refractivity contribution in [3.05, 3.63) is 82.4 Å². The molecule has 5 nitrogen and oxygen atoms in total. The number of hydrogen-bond donors (Lipinski definition) is 0. The molecule has 1 atom stereocenters. The van der Waals surface area contributed by atoms with E-state index in [0.29, 0.717) is 11.3 Å². The second kappa shape index (κ2) is 6.95. The maximum absolute atomic E-state index is 13.6. The summed E-state index contributed by atoms with van der Waals surface area (Å²) in [5, 5.41) is 4.45. The Bertz CT molecular complexity index is 1140. The van der Waals surface area contributed by atoms with Crippen LogP contribution in [0, 0.1) is 5.82 Å². The number of amides is 1. The fourth-order valence-electron chi connectivity index (χ4n) is 3.85. The molecule has 1 aromatic heterocycles. The first-order valence-corrected chi connectivity index (χ1v) is 9.57. The highest BCUT2D eigenvalue weighted by Gasteiger charge is 2.41. The molecule has 6 heteroatoms. The zero-order valence-electron chi connectivity index (χ0n) is 16.6. The molecule has 4 rings (SSSR count). The quantitative estimate of drug-likeness (QED) is 0.683. The Labute approximate surface area is 168 Å². The molecule has 0 bridgehead atoms. The van der Waals surface area contributed by atoms with Crippen molar-refractivity contribution in [2.75, 3.05) is 4.90 Å². The molecule has 3 aromatic rings. The molecular formula is C23H22FN3O2. The summed E-state index contributed by atoms with van der Waals surface area (Å²) in [7, 11) is 0. The third-order valence-electron chi connectivity index (χ3n) is 5.42. The van der Waals surface area contributed by atoms with Gasteiger partial charge in [-0.1, -0.05) is 18.2 Å². The van der Waals surface area contributed by atoms with E-state index in [1.54, 1.807) is 36.9 Å². The molecule has 0 fully saturated rings. The zero-order chi connectivity index (χ0) is 20.8. The maximum atomic E-state index is 13.6. The number of anilines is 1. The number of benzene rings is 2.